The van der Waals surface area contributed by atoms with Crippen LogP contribution in [-0.4, -0.2) is 4.98 Å². The second kappa shape index (κ2) is 5.61. The number of benzene rings is 1. The summed E-state index contributed by atoms with van der Waals surface area (Å²) in [7, 11) is 0. The van der Waals surface area contributed by atoms with Gasteiger partial charge in [-0.05, 0) is 40.2 Å². The van der Waals surface area contributed by atoms with Gasteiger partial charge in [0.25, 0.3) is 0 Å². The van der Waals surface area contributed by atoms with Crippen molar-refractivity contribution in [2.75, 3.05) is 5.32 Å². The molecule has 2 nitrogen and oxygen atoms in total. The number of nitrogens with zero attached hydrogens (tertiary/aromatic N) is 1. The molecule has 1 heterocycles. The Morgan fingerprint density at radius 3 is 2.47 bits per heavy atom. The molecule has 19 heavy (non-hydrogen) atoms. The standard InChI is InChI=1S/C13H10BrF3N2/c14-9-5-6-10(18-7-9)8-19-12-4-2-1-3-11(12)13(15,16)17/h1-7,19H,8H2. The van der Waals surface area contributed by atoms with E-state index in [4.69, 9.17) is 0 Å². The monoisotopic (exact) mass is 330 g/mol. The van der Waals surface area contributed by atoms with Crippen LogP contribution in [0.2, 0.25) is 0 Å². The van der Waals surface area contributed by atoms with E-state index in [-0.39, 0.29) is 12.2 Å². The van der Waals surface area contributed by atoms with Crippen molar-refractivity contribution in [3.05, 3.63) is 58.3 Å². The van der Waals surface area contributed by atoms with Gasteiger partial charge < -0.3 is 5.32 Å². The van der Waals surface area contributed by atoms with Gasteiger partial charge in [0.1, 0.15) is 0 Å². The highest BCUT2D eigenvalue weighted by Gasteiger charge is 2.32. The lowest BCUT2D eigenvalue weighted by molar-refractivity contribution is -0.136. The van der Waals surface area contributed by atoms with Crippen LogP contribution in [0, 0.1) is 0 Å². The van der Waals surface area contributed by atoms with Gasteiger partial charge in [0.2, 0.25) is 0 Å². The summed E-state index contributed by atoms with van der Waals surface area (Å²) < 4.78 is 39.1. The minimum atomic E-state index is -4.36. The number of hydrogen-bond acceptors (Lipinski definition) is 2. The first-order valence-electron chi connectivity index (χ1n) is 5.47. The zero-order chi connectivity index (χ0) is 13.9. The lowest BCUT2D eigenvalue weighted by Gasteiger charge is -2.14. The molecule has 2 rings (SSSR count). The number of alkyl halides is 3. The van der Waals surface area contributed by atoms with Gasteiger partial charge in [-0.2, -0.15) is 13.2 Å². The summed E-state index contributed by atoms with van der Waals surface area (Å²) in [5.74, 6) is 0. The van der Waals surface area contributed by atoms with E-state index < -0.39 is 11.7 Å². The van der Waals surface area contributed by atoms with Crippen LogP contribution in [0.15, 0.2) is 47.1 Å². The lowest BCUT2D eigenvalue weighted by atomic mass is 10.1. The number of pyridine rings is 1. The molecule has 2 aromatic rings. The molecule has 0 saturated carbocycles. The van der Waals surface area contributed by atoms with Gasteiger partial charge in [-0.15, -0.1) is 0 Å². The summed E-state index contributed by atoms with van der Waals surface area (Å²) in [6.45, 7) is 0.236. The Bertz CT molecular complexity index is 553. The normalized spacial score (nSPS) is 11.4. The first-order chi connectivity index (χ1) is 8.97. The molecule has 0 fully saturated rings. The predicted molar refractivity (Wildman–Crippen MR) is 70.7 cm³/mol. The first kappa shape index (κ1) is 13.9. The molecule has 1 N–H and O–H groups in total. The summed E-state index contributed by atoms with van der Waals surface area (Å²) in [6.07, 6.45) is -2.76. The van der Waals surface area contributed by atoms with E-state index in [0.717, 1.165) is 10.5 Å². The summed E-state index contributed by atoms with van der Waals surface area (Å²) >= 11 is 3.25. The van der Waals surface area contributed by atoms with Crippen LogP contribution < -0.4 is 5.32 Å². The maximum absolute atomic E-state index is 12.8. The van der Waals surface area contributed by atoms with Gasteiger partial charge in [-0.1, -0.05) is 12.1 Å². The molecule has 100 valence electrons. The van der Waals surface area contributed by atoms with Gasteiger partial charge in [-0.3, -0.25) is 4.98 Å². The highest BCUT2D eigenvalue weighted by atomic mass is 79.9. The summed E-state index contributed by atoms with van der Waals surface area (Å²) in [6, 6.07) is 8.92. The van der Waals surface area contributed by atoms with Gasteiger partial charge >= 0.3 is 6.18 Å². The fourth-order valence-electron chi connectivity index (χ4n) is 1.58. The van der Waals surface area contributed by atoms with Crippen LogP contribution in [0.5, 0.6) is 0 Å². The van der Waals surface area contributed by atoms with E-state index in [1.165, 1.54) is 12.1 Å². The maximum Gasteiger partial charge on any atom is 0.418 e. The van der Waals surface area contributed by atoms with Gasteiger partial charge in [0.15, 0.2) is 0 Å². The Morgan fingerprint density at radius 2 is 1.84 bits per heavy atom. The molecule has 0 aliphatic carbocycles. The van der Waals surface area contributed by atoms with E-state index in [0.29, 0.717) is 5.69 Å². The number of hydrogen-bond donors (Lipinski definition) is 1. The van der Waals surface area contributed by atoms with Crippen molar-refractivity contribution in [1.82, 2.24) is 4.98 Å². The molecule has 0 amide bonds. The SMILES string of the molecule is FC(F)(F)c1ccccc1NCc1ccc(Br)cn1. The number of halogens is 4. The van der Waals surface area contributed by atoms with Crippen LogP contribution in [0.1, 0.15) is 11.3 Å². The highest BCUT2D eigenvalue weighted by molar-refractivity contribution is 9.10. The van der Waals surface area contributed by atoms with Gasteiger partial charge in [0, 0.05) is 16.4 Å². The molecular weight excluding hydrogens is 321 g/mol. The number of para-hydroxylation sites is 1. The van der Waals surface area contributed by atoms with Crippen LogP contribution in [0.4, 0.5) is 18.9 Å². The first-order valence-corrected chi connectivity index (χ1v) is 6.26. The third-order valence-electron chi connectivity index (χ3n) is 2.48. The molecule has 0 aliphatic heterocycles. The third kappa shape index (κ3) is 3.70. The smallest absolute Gasteiger partial charge is 0.379 e. The van der Waals surface area contributed by atoms with Crippen molar-refractivity contribution in [3.63, 3.8) is 0 Å². The molecule has 0 radical (unpaired) electrons. The van der Waals surface area contributed by atoms with Crippen molar-refractivity contribution < 1.29 is 13.2 Å². The van der Waals surface area contributed by atoms with Crippen molar-refractivity contribution in [2.24, 2.45) is 0 Å². The van der Waals surface area contributed by atoms with E-state index in [1.54, 1.807) is 24.4 Å². The second-order valence-corrected chi connectivity index (χ2v) is 4.78. The van der Waals surface area contributed by atoms with Crippen LogP contribution in [-0.2, 0) is 12.7 Å². The number of anilines is 1. The topological polar surface area (TPSA) is 24.9 Å². The average Bonchev–Trinajstić information content (AvgIpc) is 2.37. The lowest BCUT2D eigenvalue weighted by Crippen LogP contribution is -2.11. The van der Waals surface area contributed by atoms with E-state index in [2.05, 4.69) is 26.2 Å². The van der Waals surface area contributed by atoms with Crippen molar-refractivity contribution >= 4 is 21.6 Å². The van der Waals surface area contributed by atoms with E-state index in [9.17, 15) is 13.2 Å². The minimum absolute atomic E-state index is 0.0553. The average molecular weight is 331 g/mol. The Kier molecular flexibility index (Phi) is 4.09. The highest BCUT2D eigenvalue weighted by Crippen LogP contribution is 2.34. The number of rotatable bonds is 3. The molecule has 1 aromatic carbocycles. The molecule has 0 unspecified atom stereocenters. The zero-order valence-corrected chi connectivity index (χ0v) is 11.3. The molecule has 0 atom stereocenters. The molecule has 6 heteroatoms. The van der Waals surface area contributed by atoms with Crippen molar-refractivity contribution in [1.29, 1.82) is 0 Å². The Morgan fingerprint density at radius 1 is 1.11 bits per heavy atom. The molecule has 0 saturated heterocycles. The minimum Gasteiger partial charge on any atom is -0.379 e. The fourth-order valence-corrected chi connectivity index (χ4v) is 1.82. The fraction of sp³-hybridized carbons (Fsp3) is 0.154. The third-order valence-corrected chi connectivity index (χ3v) is 2.95. The Labute approximate surface area is 116 Å². The number of aromatic nitrogens is 1. The molecule has 0 aliphatic rings. The van der Waals surface area contributed by atoms with Gasteiger partial charge in [-0.25, -0.2) is 0 Å². The largest absolute Gasteiger partial charge is 0.418 e. The summed E-state index contributed by atoms with van der Waals surface area (Å²) in [5, 5.41) is 2.76. The summed E-state index contributed by atoms with van der Waals surface area (Å²) in [4.78, 5) is 4.09. The summed E-state index contributed by atoms with van der Waals surface area (Å²) in [5.41, 5.74) is 0.0482. The van der Waals surface area contributed by atoms with Gasteiger partial charge in [0.05, 0.1) is 17.8 Å². The second-order valence-electron chi connectivity index (χ2n) is 3.86. The Balaban J connectivity index is 2.14. The predicted octanol–water partition coefficient (Wildman–Crippen LogP) is 4.48. The maximum atomic E-state index is 12.8. The van der Waals surface area contributed by atoms with Crippen LogP contribution in [0.3, 0.4) is 0 Å². The van der Waals surface area contributed by atoms with Crippen LogP contribution in [0.25, 0.3) is 0 Å². The van der Waals surface area contributed by atoms with Crippen molar-refractivity contribution in [3.8, 4) is 0 Å². The van der Waals surface area contributed by atoms with Crippen LogP contribution >= 0.6 is 15.9 Å². The molecule has 0 bridgehead atoms. The van der Waals surface area contributed by atoms with Crippen molar-refractivity contribution in [2.45, 2.75) is 12.7 Å². The zero-order valence-electron chi connectivity index (χ0n) is 9.71. The molecule has 1 aromatic heterocycles. The molecular formula is C13H10BrF3N2. The quantitative estimate of drug-likeness (QED) is 0.897. The van der Waals surface area contributed by atoms with E-state index in [1.807, 2.05) is 0 Å². The molecule has 0 spiro atoms. The number of nitrogens with one attached hydrogen (secondary N) is 1. The van der Waals surface area contributed by atoms with E-state index >= 15 is 0 Å². The Hall–Kier alpha value is -1.56.